The summed E-state index contributed by atoms with van der Waals surface area (Å²) in [6.07, 6.45) is 0. The average molecular weight is 214 g/mol. The zero-order chi connectivity index (χ0) is 9.80. The van der Waals surface area contributed by atoms with Gasteiger partial charge in [0.05, 0.1) is 18.9 Å². The molecule has 2 rings (SSSR count). The van der Waals surface area contributed by atoms with Crippen LogP contribution in [0.3, 0.4) is 0 Å². The number of halogens is 1. The van der Waals surface area contributed by atoms with Gasteiger partial charge >= 0.3 is 0 Å². The highest BCUT2D eigenvalue weighted by atomic mass is 35.5. The van der Waals surface area contributed by atoms with E-state index in [1.165, 1.54) is 0 Å². The smallest absolute Gasteiger partial charge is 0.151 e. The summed E-state index contributed by atoms with van der Waals surface area (Å²) in [5.74, 6) is 0. The number of hydrogen-bond acceptors (Lipinski definition) is 4. The summed E-state index contributed by atoms with van der Waals surface area (Å²) in [4.78, 5) is 2.29. The standard InChI is InChI=1S/C9H12ClN3O/c10-9-2-1-8(11-12-9)7-13-3-5-14-6-4-13/h1-2H,3-7H2. The fourth-order valence-corrected chi connectivity index (χ4v) is 1.52. The minimum absolute atomic E-state index is 0.440. The fourth-order valence-electron chi connectivity index (χ4n) is 1.42. The van der Waals surface area contributed by atoms with Gasteiger partial charge in [-0.05, 0) is 12.1 Å². The van der Waals surface area contributed by atoms with Crippen molar-refractivity contribution in [2.75, 3.05) is 26.3 Å². The van der Waals surface area contributed by atoms with Crippen molar-refractivity contribution in [3.63, 3.8) is 0 Å². The van der Waals surface area contributed by atoms with Crippen LogP contribution in [0, 0.1) is 0 Å². The Morgan fingerprint density at radius 3 is 2.71 bits per heavy atom. The molecule has 0 aliphatic carbocycles. The second-order valence-corrected chi connectivity index (χ2v) is 3.62. The van der Waals surface area contributed by atoms with E-state index < -0.39 is 0 Å². The quantitative estimate of drug-likeness (QED) is 0.734. The molecule has 1 fully saturated rings. The molecular formula is C9H12ClN3O. The van der Waals surface area contributed by atoms with Crippen molar-refractivity contribution in [1.29, 1.82) is 0 Å². The Morgan fingerprint density at radius 2 is 2.07 bits per heavy atom. The normalized spacial score (nSPS) is 18.4. The second kappa shape index (κ2) is 4.68. The monoisotopic (exact) mass is 213 g/mol. The van der Waals surface area contributed by atoms with E-state index in [0.29, 0.717) is 5.15 Å². The summed E-state index contributed by atoms with van der Waals surface area (Å²) >= 11 is 5.65. The number of rotatable bonds is 2. The van der Waals surface area contributed by atoms with Crippen molar-refractivity contribution < 1.29 is 4.74 Å². The number of aromatic nitrogens is 2. The van der Waals surface area contributed by atoms with Gasteiger partial charge in [0.15, 0.2) is 5.15 Å². The van der Waals surface area contributed by atoms with Crippen molar-refractivity contribution in [2.24, 2.45) is 0 Å². The van der Waals surface area contributed by atoms with Crippen LogP contribution in [0.1, 0.15) is 5.69 Å². The average Bonchev–Trinajstić information content (AvgIpc) is 2.23. The lowest BCUT2D eigenvalue weighted by molar-refractivity contribution is 0.0335. The summed E-state index contributed by atoms with van der Waals surface area (Å²) in [7, 11) is 0. The molecule has 0 N–H and O–H groups in total. The molecule has 0 unspecified atom stereocenters. The first-order valence-electron chi connectivity index (χ1n) is 4.63. The number of morpholine rings is 1. The molecule has 1 aromatic heterocycles. The van der Waals surface area contributed by atoms with Gasteiger partial charge in [0.25, 0.3) is 0 Å². The molecule has 0 spiro atoms. The van der Waals surface area contributed by atoms with E-state index in [2.05, 4.69) is 15.1 Å². The van der Waals surface area contributed by atoms with Gasteiger partial charge in [0.1, 0.15) is 0 Å². The Kier molecular flexibility index (Phi) is 3.29. The third-order valence-electron chi connectivity index (χ3n) is 2.18. The number of nitrogens with zero attached hydrogens (tertiary/aromatic N) is 3. The molecule has 0 atom stereocenters. The third-order valence-corrected chi connectivity index (χ3v) is 2.38. The zero-order valence-corrected chi connectivity index (χ0v) is 8.57. The van der Waals surface area contributed by atoms with E-state index >= 15 is 0 Å². The van der Waals surface area contributed by atoms with Crippen molar-refractivity contribution >= 4 is 11.6 Å². The predicted octanol–water partition coefficient (Wildman–Crippen LogP) is 0.962. The SMILES string of the molecule is Clc1ccc(CN2CCOCC2)nn1. The molecule has 0 saturated carbocycles. The lowest BCUT2D eigenvalue weighted by Crippen LogP contribution is -2.35. The van der Waals surface area contributed by atoms with Gasteiger partial charge in [-0.15, -0.1) is 5.10 Å². The Morgan fingerprint density at radius 1 is 1.29 bits per heavy atom. The van der Waals surface area contributed by atoms with E-state index in [9.17, 15) is 0 Å². The first-order valence-corrected chi connectivity index (χ1v) is 5.00. The van der Waals surface area contributed by atoms with E-state index in [0.717, 1.165) is 38.5 Å². The molecule has 0 bridgehead atoms. The lowest BCUT2D eigenvalue weighted by atomic mass is 10.3. The molecule has 0 amide bonds. The van der Waals surface area contributed by atoms with Crippen molar-refractivity contribution in [3.8, 4) is 0 Å². The van der Waals surface area contributed by atoms with Gasteiger partial charge in [-0.3, -0.25) is 4.90 Å². The van der Waals surface area contributed by atoms with Crippen LogP contribution in [0.2, 0.25) is 5.15 Å². The van der Waals surface area contributed by atoms with Crippen LogP contribution in [-0.4, -0.2) is 41.4 Å². The molecular weight excluding hydrogens is 202 g/mol. The molecule has 4 nitrogen and oxygen atoms in total. The molecule has 5 heteroatoms. The van der Waals surface area contributed by atoms with Crippen LogP contribution < -0.4 is 0 Å². The highest BCUT2D eigenvalue weighted by Crippen LogP contribution is 2.06. The summed E-state index contributed by atoms with van der Waals surface area (Å²) in [6, 6.07) is 3.68. The van der Waals surface area contributed by atoms with Crippen LogP contribution in [0.15, 0.2) is 12.1 Å². The Labute approximate surface area is 87.8 Å². The van der Waals surface area contributed by atoms with Crippen LogP contribution in [0.25, 0.3) is 0 Å². The minimum atomic E-state index is 0.440. The van der Waals surface area contributed by atoms with Crippen LogP contribution in [-0.2, 0) is 11.3 Å². The predicted molar refractivity (Wildman–Crippen MR) is 53.1 cm³/mol. The fraction of sp³-hybridized carbons (Fsp3) is 0.556. The lowest BCUT2D eigenvalue weighted by Gasteiger charge is -2.25. The molecule has 76 valence electrons. The van der Waals surface area contributed by atoms with Crippen molar-refractivity contribution in [2.45, 2.75) is 6.54 Å². The number of ether oxygens (including phenoxy) is 1. The van der Waals surface area contributed by atoms with Crippen molar-refractivity contribution in [1.82, 2.24) is 15.1 Å². The van der Waals surface area contributed by atoms with Crippen LogP contribution >= 0.6 is 11.6 Å². The Bertz CT molecular complexity index is 285. The van der Waals surface area contributed by atoms with Crippen LogP contribution in [0.4, 0.5) is 0 Å². The Balaban J connectivity index is 1.92. The molecule has 1 aromatic rings. The highest BCUT2D eigenvalue weighted by Gasteiger charge is 2.11. The van der Waals surface area contributed by atoms with Gasteiger partial charge in [0, 0.05) is 19.6 Å². The summed E-state index contributed by atoms with van der Waals surface area (Å²) in [5, 5.41) is 8.25. The molecule has 0 aromatic carbocycles. The van der Waals surface area contributed by atoms with Gasteiger partial charge in [-0.1, -0.05) is 11.6 Å². The largest absolute Gasteiger partial charge is 0.379 e. The topological polar surface area (TPSA) is 38.2 Å². The van der Waals surface area contributed by atoms with Gasteiger partial charge in [-0.25, -0.2) is 0 Å². The summed E-state index contributed by atoms with van der Waals surface area (Å²) < 4.78 is 5.26. The summed E-state index contributed by atoms with van der Waals surface area (Å²) in [6.45, 7) is 4.37. The first kappa shape index (κ1) is 9.83. The third kappa shape index (κ3) is 2.64. The molecule has 1 saturated heterocycles. The van der Waals surface area contributed by atoms with Crippen LogP contribution in [0.5, 0.6) is 0 Å². The van der Waals surface area contributed by atoms with Gasteiger partial charge < -0.3 is 4.74 Å². The highest BCUT2D eigenvalue weighted by molar-refractivity contribution is 6.29. The van der Waals surface area contributed by atoms with E-state index in [1.54, 1.807) is 6.07 Å². The molecule has 14 heavy (non-hydrogen) atoms. The zero-order valence-electron chi connectivity index (χ0n) is 7.82. The summed E-state index contributed by atoms with van der Waals surface area (Å²) in [5.41, 5.74) is 0.955. The Hall–Kier alpha value is -0.710. The molecule has 1 aliphatic heterocycles. The van der Waals surface area contributed by atoms with E-state index in [1.807, 2.05) is 6.07 Å². The molecule has 0 radical (unpaired) electrons. The van der Waals surface area contributed by atoms with E-state index in [4.69, 9.17) is 16.3 Å². The maximum atomic E-state index is 5.65. The molecule has 2 heterocycles. The number of hydrogen-bond donors (Lipinski definition) is 0. The van der Waals surface area contributed by atoms with Gasteiger partial charge in [0.2, 0.25) is 0 Å². The molecule has 1 aliphatic rings. The van der Waals surface area contributed by atoms with Gasteiger partial charge in [-0.2, -0.15) is 5.10 Å². The van der Waals surface area contributed by atoms with Crippen molar-refractivity contribution in [3.05, 3.63) is 23.0 Å². The first-order chi connectivity index (χ1) is 6.84. The minimum Gasteiger partial charge on any atom is -0.379 e. The van der Waals surface area contributed by atoms with E-state index in [-0.39, 0.29) is 0 Å². The maximum absolute atomic E-state index is 5.65. The maximum Gasteiger partial charge on any atom is 0.151 e. The second-order valence-electron chi connectivity index (χ2n) is 3.24.